The molecular weight excluding hydrogens is 389 g/mol. The van der Waals surface area contributed by atoms with E-state index in [0.29, 0.717) is 44.6 Å². The Labute approximate surface area is 166 Å². The molecule has 0 fully saturated rings. The zero-order chi connectivity index (χ0) is 19.4. The van der Waals surface area contributed by atoms with Crippen LogP contribution in [0.5, 0.6) is 11.5 Å². The van der Waals surface area contributed by atoms with Crippen molar-refractivity contribution in [2.24, 2.45) is 0 Å². The highest BCUT2D eigenvalue weighted by atomic mass is 35.5. The number of ether oxygens (including phenoxy) is 2. The molecule has 0 radical (unpaired) electrons. The highest BCUT2D eigenvalue weighted by Crippen LogP contribution is 2.38. The molecule has 0 aliphatic carbocycles. The van der Waals surface area contributed by atoms with Crippen LogP contribution in [0.3, 0.4) is 0 Å². The Morgan fingerprint density at radius 3 is 2.30 bits per heavy atom. The van der Waals surface area contributed by atoms with E-state index in [4.69, 9.17) is 38.4 Å². The van der Waals surface area contributed by atoms with Crippen LogP contribution >= 0.6 is 23.2 Å². The predicted octanol–water partition coefficient (Wildman–Crippen LogP) is 4.87. The molecule has 0 unspecified atom stereocenters. The van der Waals surface area contributed by atoms with E-state index in [1.165, 1.54) is 13.4 Å². The van der Waals surface area contributed by atoms with Gasteiger partial charge >= 0.3 is 0 Å². The molecule has 2 aromatic carbocycles. The van der Waals surface area contributed by atoms with E-state index >= 15 is 0 Å². The third-order valence-electron chi connectivity index (χ3n) is 3.70. The van der Waals surface area contributed by atoms with Crippen molar-refractivity contribution in [1.82, 2.24) is 9.97 Å². The van der Waals surface area contributed by atoms with E-state index < -0.39 is 0 Å². The number of nitrogens with one attached hydrogen (secondary N) is 2. The van der Waals surface area contributed by atoms with Crippen LogP contribution < -0.4 is 25.8 Å². The minimum Gasteiger partial charge on any atom is -0.495 e. The second-order valence-electron chi connectivity index (χ2n) is 5.43. The lowest BCUT2D eigenvalue weighted by Gasteiger charge is -2.16. The molecule has 0 saturated heterocycles. The summed E-state index contributed by atoms with van der Waals surface area (Å²) in [6.45, 7) is 0. The van der Waals surface area contributed by atoms with Crippen LogP contribution in [0.1, 0.15) is 0 Å². The van der Waals surface area contributed by atoms with E-state index in [9.17, 15) is 0 Å². The molecule has 0 atom stereocenters. The average molecular weight is 406 g/mol. The number of anilines is 5. The molecule has 140 valence electrons. The van der Waals surface area contributed by atoms with E-state index in [1.54, 1.807) is 31.4 Å². The number of methoxy groups -OCH3 is 2. The van der Waals surface area contributed by atoms with E-state index in [-0.39, 0.29) is 0 Å². The Kier molecular flexibility index (Phi) is 5.73. The van der Waals surface area contributed by atoms with Crippen LogP contribution in [-0.2, 0) is 0 Å². The third-order valence-corrected chi connectivity index (χ3v) is 4.23. The number of halogens is 2. The molecule has 0 spiro atoms. The van der Waals surface area contributed by atoms with Gasteiger partial charge in [0.1, 0.15) is 23.5 Å². The fraction of sp³-hybridized carbons (Fsp3) is 0.111. The van der Waals surface area contributed by atoms with Crippen molar-refractivity contribution in [3.8, 4) is 11.5 Å². The summed E-state index contributed by atoms with van der Waals surface area (Å²) in [5, 5.41) is 7.26. The molecule has 3 rings (SSSR count). The molecule has 27 heavy (non-hydrogen) atoms. The number of nitrogen functional groups attached to an aromatic ring is 1. The van der Waals surface area contributed by atoms with Gasteiger partial charge in [-0.05, 0) is 24.3 Å². The summed E-state index contributed by atoms with van der Waals surface area (Å²) in [6, 6.07) is 10.6. The maximum atomic E-state index is 6.22. The Hall–Kier alpha value is -2.90. The number of rotatable bonds is 6. The molecule has 4 N–H and O–H groups in total. The molecule has 1 aromatic heterocycles. The van der Waals surface area contributed by atoms with Gasteiger partial charge < -0.3 is 25.8 Å². The first-order chi connectivity index (χ1) is 13.0. The topological polar surface area (TPSA) is 94.3 Å². The first kappa shape index (κ1) is 18.9. The fourth-order valence-electron chi connectivity index (χ4n) is 2.38. The molecule has 0 saturated carbocycles. The van der Waals surface area contributed by atoms with Crippen molar-refractivity contribution in [1.29, 1.82) is 0 Å². The molecule has 3 aromatic rings. The number of hydrogen-bond acceptors (Lipinski definition) is 7. The second-order valence-corrected chi connectivity index (χ2v) is 6.28. The molecule has 0 bridgehead atoms. The van der Waals surface area contributed by atoms with Gasteiger partial charge in [-0.1, -0.05) is 29.3 Å². The predicted molar refractivity (Wildman–Crippen MR) is 109 cm³/mol. The van der Waals surface area contributed by atoms with Gasteiger partial charge in [-0.2, -0.15) is 0 Å². The fourth-order valence-corrected chi connectivity index (χ4v) is 2.81. The van der Waals surface area contributed by atoms with Crippen molar-refractivity contribution in [3.05, 3.63) is 52.8 Å². The van der Waals surface area contributed by atoms with Crippen molar-refractivity contribution < 1.29 is 9.47 Å². The van der Waals surface area contributed by atoms with Gasteiger partial charge in [0, 0.05) is 16.8 Å². The highest BCUT2D eigenvalue weighted by molar-refractivity contribution is 6.32. The number of nitrogens with two attached hydrogens (primary N) is 1. The summed E-state index contributed by atoms with van der Waals surface area (Å²) < 4.78 is 10.6. The van der Waals surface area contributed by atoms with Crippen molar-refractivity contribution in [2.75, 3.05) is 30.6 Å². The Balaban J connectivity index is 1.91. The van der Waals surface area contributed by atoms with Crippen LogP contribution in [0, 0.1) is 0 Å². The first-order valence-electron chi connectivity index (χ1n) is 7.83. The lowest BCUT2D eigenvalue weighted by molar-refractivity contribution is 0.396. The van der Waals surface area contributed by atoms with Crippen LogP contribution in [0.4, 0.5) is 28.7 Å². The Morgan fingerprint density at radius 1 is 0.926 bits per heavy atom. The van der Waals surface area contributed by atoms with Crippen molar-refractivity contribution in [3.63, 3.8) is 0 Å². The number of nitrogens with zero attached hydrogens (tertiary/aromatic N) is 2. The second kappa shape index (κ2) is 8.20. The van der Waals surface area contributed by atoms with Crippen LogP contribution in [0.2, 0.25) is 10.0 Å². The van der Waals surface area contributed by atoms with E-state index in [0.717, 1.165) is 5.69 Å². The molecule has 0 aliphatic rings. The number of hydrogen-bond donors (Lipinski definition) is 3. The Morgan fingerprint density at radius 2 is 1.63 bits per heavy atom. The number of aromatic nitrogens is 2. The van der Waals surface area contributed by atoms with Crippen LogP contribution in [0.25, 0.3) is 0 Å². The minimum absolute atomic E-state index is 0.325. The highest BCUT2D eigenvalue weighted by Gasteiger charge is 2.14. The summed E-state index contributed by atoms with van der Waals surface area (Å²) >= 11 is 12.2. The van der Waals surface area contributed by atoms with Crippen molar-refractivity contribution >= 4 is 51.9 Å². The van der Waals surface area contributed by atoms with Gasteiger partial charge in [0.05, 0.1) is 24.9 Å². The zero-order valence-electron chi connectivity index (χ0n) is 14.6. The summed E-state index contributed by atoms with van der Waals surface area (Å²) in [5.74, 6) is 1.86. The van der Waals surface area contributed by atoms with Crippen LogP contribution in [-0.4, -0.2) is 24.2 Å². The minimum atomic E-state index is 0.325. The standard InChI is InChI=1S/C18H17Cl2N5O2/c1-26-14-8-15(27-2)13(7-12(14)20)25-18-16(21)17(22-9-23-18)24-11-5-3-4-10(19)6-11/h3-9H,21H2,1-2H3,(H2,22,23,24,25). The van der Waals surface area contributed by atoms with Gasteiger partial charge in [-0.15, -0.1) is 0 Å². The zero-order valence-corrected chi connectivity index (χ0v) is 16.1. The lowest BCUT2D eigenvalue weighted by Crippen LogP contribution is -2.06. The quantitative estimate of drug-likeness (QED) is 0.538. The molecule has 0 aliphatic heterocycles. The normalized spacial score (nSPS) is 10.4. The largest absolute Gasteiger partial charge is 0.495 e. The molecule has 0 amide bonds. The summed E-state index contributed by atoms with van der Waals surface area (Å²) in [5.41, 5.74) is 7.89. The lowest BCUT2D eigenvalue weighted by atomic mass is 10.2. The van der Waals surface area contributed by atoms with Gasteiger partial charge in [-0.3, -0.25) is 0 Å². The molecule has 9 heteroatoms. The monoisotopic (exact) mass is 405 g/mol. The number of benzene rings is 2. The molecular formula is C18H17Cl2N5O2. The Bertz CT molecular complexity index is 968. The molecule has 7 nitrogen and oxygen atoms in total. The summed E-state index contributed by atoms with van der Waals surface area (Å²) in [4.78, 5) is 8.38. The van der Waals surface area contributed by atoms with Crippen molar-refractivity contribution in [2.45, 2.75) is 0 Å². The van der Waals surface area contributed by atoms with E-state index in [1.807, 2.05) is 12.1 Å². The smallest absolute Gasteiger partial charge is 0.159 e. The molecule has 1 heterocycles. The van der Waals surface area contributed by atoms with Crippen LogP contribution in [0.15, 0.2) is 42.7 Å². The maximum absolute atomic E-state index is 6.22. The third kappa shape index (κ3) is 4.27. The summed E-state index contributed by atoms with van der Waals surface area (Å²) in [7, 11) is 3.08. The average Bonchev–Trinajstić information content (AvgIpc) is 2.65. The maximum Gasteiger partial charge on any atom is 0.159 e. The summed E-state index contributed by atoms with van der Waals surface area (Å²) in [6.07, 6.45) is 1.39. The van der Waals surface area contributed by atoms with E-state index in [2.05, 4.69) is 20.6 Å². The van der Waals surface area contributed by atoms with Gasteiger partial charge in [-0.25, -0.2) is 9.97 Å². The SMILES string of the molecule is COc1cc(OC)c(Nc2ncnc(Nc3cccc(Cl)c3)c2N)cc1Cl. The van der Waals surface area contributed by atoms with Gasteiger partial charge in [0.15, 0.2) is 11.6 Å². The first-order valence-corrected chi connectivity index (χ1v) is 8.59. The van der Waals surface area contributed by atoms with Gasteiger partial charge in [0.25, 0.3) is 0 Å². The van der Waals surface area contributed by atoms with Gasteiger partial charge in [0.2, 0.25) is 0 Å².